The van der Waals surface area contributed by atoms with Crippen molar-refractivity contribution in [2.45, 2.75) is 50.5 Å². The monoisotopic (exact) mass is 393 g/mol. The van der Waals surface area contributed by atoms with Gasteiger partial charge in [-0.2, -0.15) is 4.31 Å². The maximum absolute atomic E-state index is 13.0. The number of benzene rings is 1. The van der Waals surface area contributed by atoms with Gasteiger partial charge in [-0.05, 0) is 58.2 Å². The minimum absolute atomic E-state index is 0.0620. The number of sulfonamides is 1. The zero-order chi connectivity index (χ0) is 19.6. The van der Waals surface area contributed by atoms with E-state index in [0.717, 1.165) is 37.1 Å². The number of nitrogens with zero attached hydrogens (tertiary/aromatic N) is 2. The fourth-order valence-corrected chi connectivity index (χ4v) is 6.05. The van der Waals surface area contributed by atoms with Crippen molar-refractivity contribution in [3.8, 4) is 0 Å². The molecule has 2 heterocycles. The van der Waals surface area contributed by atoms with E-state index in [9.17, 15) is 13.2 Å². The number of likely N-dealkylation sites (tertiary alicyclic amines) is 1. The number of aryl methyl sites for hydroxylation is 2. The van der Waals surface area contributed by atoms with Crippen LogP contribution in [0.25, 0.3) is 0 Å². The SMILES string of the molecule is CNCC1CCCN1C(=O)C1CCN(S(=O)(=O)c2ccc(C)cc2C)CC1. The molecule has 27 heavy (non-hydrogen) atoms. The minimum Gasteiger partial charge on any atom is -0.338 e. The van der Waals surface area contributed by atoms with Crippen LogP contribution < -0.4 is 5.32 Å². The number of carbonyl (C=O) groups is 1. The zero-order valence-electron chi connectivity index (χ0n) is 16.6. The van der Waals surface area contributed by atoms with Crippen molar-refractivity contribution in [1.29, 1.82) is 0 Å². The molecule has 0 bridgehead atoms. The molecular weight excluding hydrogens is 362 g/mol. The van der Waals surface area contributed by atoms with Crippen LogP contribution in [0.5, 0.6) is 0 Å². The Balaban J connectivity index is 1.65. The lowest BCUT2D eigenvalue weighted by Crippen LogP contribution is -2.47. The molecule has 1 unspecified atom stereocenters. The molecule has 7 heteroatoms. The predicted molar refractivity (Wildman–Crippen MR) is 106 cm³/mol. The normalized spacial score (nSPS) is 22.3. The molecule has 3 rings (SSSR count). The van der Waals surface area contributed by atoms with Gasteiger partial charge in [0.15, 0.2) is 0 Å². The second kappa shape index (κ2) is 8.29. The maximum Gasteiger partial charge on any atom is 0.243 e. The van der Waals surface area contributed by atoms with E-state index in [2.05, 4.69) is 5.32 Å². The molecule has 1 aromatic carbocycles. The lowest BCUT2D eigenvalue weighted by Gasteiger charge is -2.34. The molecule has 1 atom stereocenters. The Hall–Kier alpha value is -1.44. The first-order chi connectivity index (χ1) is 12.8. The first-order valence-electron chi connectivity index (χ1n) is 9.87. The summed E-state index contributed by atoms with van der Waals surface area (Å²) in [7, 11) is -1.58. The first-order valence-corrected chi connectivity index (χ1v) is 11.3. The van der Waals surface area contributed by atoms with Crippen LogP contribution in [0.15, 0.2) is 23.1 Å². The van der Waals surface area contributed by atoms with E-state index in [0.29, 0.717) is 30.8 Å². The second-order valence-corrected chi connectivity index (χ2v) is 9.74. The molecule has 2 aliphatic rings. The summed E-state index contributed by atoms with van der Waals surface area (Å²) in [5, 5.41) is 3.17. The van der Waals surface area contributed by atoms with Crippen molar-refractivity contribution < 1.29 is 13.2 Å². The van der Waals surface area contributed by atoms with Gasteiger partial charge in [-0.15, -0.1) is 0 Å². The zero-order valence-corrected chi connectivity index (χ0v) is 17.4. The summed E-state index contributed by atoms with van der Waals surface area (Å²) >= 11 is 0. The third kappa shape index (κ3) is 4.20. The third-order valence-electron chi connectivity index (χ3n) is 5.85. The Labute approximate surface area is 163 Å². The van der Waals surface area contributed by atoms with E-state index in [1.807, 2.05) is 37.9 Å². The van der Waals surface area contributed by atoms with Gasteiger partial charge in [-0.3, -0.25) is 4.79 Å². The quantitative estimate of drug-likeness (QED) is 0.830. The summed E-state index contributed by atoms with van der Waals surface area (Å²) < 4.78 is 27.6. The average Bonchev–Trinajstić information content (AvgIpc) is 3.09. The molecule has 0 aromatic heterocycles. The molecule has 2 fully saturated rings. The highest BCUT2D eigenvalue weighted by Gasteiger charge is 2.37. The Morgan fingerprint density at radius 2 is 1.85 bits per heavy atom. The molecular formula is C20H31N3O3S. The lowest BCUT2D eigenvalue weighted by molar-refractivity contribution is -0.137. The summed E-state index contributed by atoms with van der Waals surface area (Å²) in [4.78, 5) is 15.3. The Morgan fingerprint density at radius 3 is 2.48 bits per heavy atom. The highest BCUT2D eigenvalue weighted by Crippen LogP contribution is 2.29. The van der Waals surface area contributed by atoms with Crippen LogP contribution in [0.4, 0.5) is 0 Å². The van der Waals surface area contributed by atoms with Crippen molar-refractivity contribution in [1.82, 2.24) is 14.5 Å². The molecule has 2 saturated heterocycles. The number of likely N-dealkylation sites (N-methyl/N-ethyl adjacent to an activating group) is 1. The topological polar surface area (TPSA) is 69.7 Å². The van der Waals surface area contributed by atoms with Gasteiger partial charge < -0.3 is 10.2 Å². The van der Waals surface area contributed by atoms with Crippen LogP contribution in [0, 0.1) is 19.8 Å². The largest absolute Gasteiger partial charge is 0.338 e. The standard InChI is InChI=1S/C20H31N3O3S/c1-15-6-7-19(16(2)13-15)27(25,26)22-11-8-17(9-12-22)20(24)23-10-4-5-18(23)14-21-3/h6-7,13,17-18,21H,4-5,8-12,14H2,1-3H3. The molecule has 150 valence electrons. The Kier molecular flexibility index (Phi) is 6.23. The molecule has 0 radical (unpaired) electrons. The number of amides is 1. The molecule has 0 saturated carbocycles. The van der Waals surface area contributed by atoms with Crippen LogP contribution >= 0.6 is 0 Å². The molecule has 6 nitrogen and oxygen atoms in total. The summed E-state index contributed by atoms with van der Waals surface area (Å²) in [6.07, 6.45) is 3.31. The second-order valence-electron chi connectivity index (χ2n) is 7.83. The van der Waals surface area contributed by atoms with Crippen LogP contribution in [-0.4, -0.2) is 62.8 Å². The first kappa shape index (κ1) is 20.3. The summed E-state index contributed by atoms with van der Waals surface area (Å²) in [5.74, 6) is 0.143. The number of hydrogen-bond donors (Lipinski definition) is 1. The van der Waals surface area contributed by atoms with Crippen molar-refractivity contribution >= 4 is 15.9 Å². The van der Waals surface area contributed by atoms with Gasteiger partial charge in [0, 0.05) is 38.1 Å². The maximum atomic E-state index is 13.0. The van der Waals surface area contributed by atoms with Gasteiger partial charge in [0.2, 0.25) is 15.9 Å². The third-order valence-corrected chi connectivity index (χ3v) is 7.91. The summed E-state index contributed by atoms with van der Waals surface area (Å²) in [5.41, 5.74) is 1.83. The van der Waals surface area contributed by atoms with E-state index in [-0.39, 0.29) is 17.9 Å². The highest BCUT2D eigenvalue weighted by atomic mass is 32.2. The number of nitrogens with one attached hydrogen (secondary N) is 1. The fourth-order valence-electron chi connectivity index (χ4n) is 4.38. The Morgan fingerprint density at radius 1 is 1.15 bits per heavy atom. The number of rotatable bonds is 5. The highest BCUT2D eigenvalue weighted by molar-refractivity contribution is 7.89. The van der Waals surface area contributed by atoms with E-state index >= 15 is 0 Å². The number of carbonyl (C=O) groups excluding carboxylic acids is 1. The van der Waals surface area contributed by atoms with E-state index < -0.39 is 10.0 Å². The van der Waals surface area contributed by atoms with Crippen molar-refractivity contribution in [2.75, 3.05) is 33.2 Å². The minimum atomic E-state index is -3.50. The van der Waals surface area contributed by atoms with Crippen molar-refractivity contribution in [3.05, 3.63) is 29.3 Å². The van der Waals surface area contributed by atoms with Gasteiger partial charge in [-0.1, -0.05) is 17.7 Å². The van der Waals surface area contributed by atoms with E-state index in [4.69, 9.17) is 0 Å². The molecule has 1 N–H and O–H groups in total. The van der Waals surface area contributed by atoms with E-state index in [1.165, 1.54) is 0 Å². The fraction of sp³-hybridized carbons (Fsp3) is 0.650. The smallest absolute Gasteiger partial charge is 0.243 e. The molecule has 2 aliphatic heterocycles. The van der Waals surface area contributed by atoms with E-state index in [1.54, 1.807) is 10.4 Å². The number of piperidine rings is 1. The molecule has 1 aromatic rings. The lowest BCUT2D eigenvalue weighted by atomic mass is 9.96. The van der Waals surface area contributed by atoms with Gasteiger partial charge in [0.25, 0.3) is 0 Å². The van der Waals surface area contributed by atoms with Crippen LogP contribution in [0.1, 0.15) is 36.8 Å². The summed E-state index contributed by atoms with van der Waals surface area (Å²) in [6, 6.07) is 5.72. The summed E-state index contributed by atoms with van der Waals surface area (Å²) in [6.45, 7) is 6.27. The van der Waals surface area contributed by atoms with Crippen LogP contribution in [0.3, 0.4) is 0 Å². The average molecular weight is 394 g/mol. The molecule has 0 spiro atoms. The molecule has 1 amide bonds. The van der Waals surface area contributed by atoms with Crippen molar-refractivity contribution in [3.63, 3.8) is 0 Å². The van der Waals surface area contributed by atoms with Gasteiger partial charge >= 0.3 is 0 Å². The molecule has 0 aliphatic carbocycles. The van der Waals surface area contributed by atoms with Crippen molar-refractivity contribution in [2.24, 2.45) is 5.92 Å². The van der Waals surface area contributed by atoms with Gasteiger partial charge in [0.1, 0.15) is 0 Å². The predicted octanol–water partition coefficient (Wildman–Crippen LogP) is 1.91. The Bertz CT molecular complexity index is 786. The van der Waals surface area contributed by atoms with Gasteiger partial charge in [-0.25, -0.2) is 8.42 Å². The van der Waals surface area contributed by atoms with Crippen LogP contribution in [-0.2, 0) is 14.8 Å². The van der Waals surface area contributed by atoms with Gasteiger partial charge in [0.05, 0.1) is 4.90 Å². The van der Waals surface area contributed by atoms with Crippen LogP contribution in [0.2, 0.25) is 0 Å². The number of hydrogen-bond acceptors (Lipinski definition) is 4.